The van der Waals surface area contributed by atoms with Crippen LogP contribution in [0.5, 0.6) is 0 Å². The first kappa shape index (κ1) is 11.1. The molecular formula is C12H15NO3. The number of hydrogen-bond donors (Lipinski definition) is 1. The molecule has 1 unspecified atom stereocenters. The molecule has 1 aromatic heterocycles. The second-order valence-corrected chi connectivity index (χ2v) is 4.39. The van der Waals surface area contributed by atoms with Crippen molar-refractivity contribution in [3.05, 3.63) is 30.1 Å². The van der Waals surface area contributed by atoms with E-state index in [4.69, 9.17) is 9.84 Å². The van der Waals surface area contributed by atoms with Crippen LogP contribution in [-0.4, -0.2) is 29.3 Å². The highest BCUT2D eigenvalue weighted by Crippen LogP contribution is 2.40. The number of carboxylic acids is 1. The van der Waals surface area contributed by atoms with Crippen molar-refractivity contribution in [3.8, 4) is 0 Å². The van der Waals surface area contributed by atoms with E-state index in [1.54, 1.807) is 12.4 Å². The number of rotatable bonds is 4. The van der Waals surface area contributed by atoms with Crippen LogP contribution >= 0.6 is 0 Å². The lowest BCUT2D eigenvalue weighted by molar-refractivity contribution is -0.142. The smallest absolute Gasteiger partial charge is 0.303 e. The van der Waals surface area contributed by atoms with E-state index in [2.05, 4.69) is 4.98 Å². The zero-order chi connectivity index (χ0) is 11.6. The summed E-state index contributed by atoms with van der Waals surface area (Å²) in [6.45, 7) is 3.14. The van der Waals surface area contributed by atoms with Gasteiger partial charge in [0.1, 0.15) is 0 Å². The summed E-state index contributed by atoms with van der Waals surface area (Å²) in [5, 5.41) is 8.86. The van der Waals surface area contributed by atoms with Crippen LogP contribution in [-0.2, 0) is 14.9 Å². The first-order chi connectivity index (χ1) is 7.65. The zero-order valence-electron chi connectivity index (χ0n) is 9.22. The van der Waals surface area contributed by atoms with E-state index in [9.17, 15) is 4.79 Å². The Morgan fingerprint density at radius 2 is 2.44 bits per heavy atom. The Kier molecular flexibility index (Phi) is 2.92. The molecule has 1 atom stereocenters. The Balaban J connectivity index is 2.23. The van der Waals surface area contributed by atoms with Gasteiger partial charge in [-0.05, 0) is 17.5 Å². The Bertz CT molecular complexity index is 373. The zero-order valence-corrected chi connectivity index (χ0v) is 9.22. The molecule has 16 heavy (non-hydrogen) atoms. The minimum atomic E-state index is -0.761. The van der Waals surface area contributed by atoms with Crippen LogP contribution in [0.4, 0.5) is 0 Å². The van der Waals surface area contributed by atoms with Gasteiger partial charge in [0.2, 0.25) is 0 Å². The van der Waals surface area contributed by atoms with Gasteiger partial charge in [0, 0.05) is 24.2 Å². The first-order valence-electron chi connectivity index (χ1n) is 5.35. The molecule has 0 radical (unpaired) electrons. The normalized spacial score (nSPS) is 19.8. The van der Waals surface area contributed by atoms with E-state index in [1.807, 2.05) is 19.1 Å². The van der Waals surface area contributed by atoms with Gasteiger partial charge in [-0.2, -0.15) is 0 Å². The lowest BCUT2D eigenvalue weighted by Crippen LogP contribution is -2.52. The van der Waals surface area contributed by atoms with E-state index in [1.165, 1.54) is 0 Å². The van der Waals surface area contributed by atoms with Gasteiger partial charge in [-0.15, -0.1) is 0 Å². The predicted molar refractivity (Wildman–Crippen MR) is 58.2 cm³/mol. The van der Waals surface area contributed by atoms with Crippen LogP contribution in [0.3, 0.4) is 0 Å². The van der Waals surface area contributed by atoms with Crippen molar-refractivity contribution in [1.82, 2.24) is 4.98 Å². The van der Waals surface area contributed by atoms with Crippen LogP contribution in [0.2, 0.25) is 0 Å². The second-order valence-electron chi connectivity index (χ2n) is 4.39. The van der Waals surface area contributed by atoms with Crippen LogP contribution in [0.25, 0.3) is 0 Å². The van der Waals surface area contributed by atoms with Gasteiger partial charge in [0.15, 0.2) is 0 Å². The average molecular weight is 221 g/mol. The molecule has 1 N–H and O–H groups in total. The van der Waals surface area contributed by atoms with E-state index in [0.717, 1.165) is 5.56 Å². The Morgan fingerprint density at radius 1 is 1.69 bits per heavy atom. The standard InChI is InChI=1S/C12H15NO3/c1-9(5-11(14)15)12(7-16-8-12)10-3-2-4-13-6-10/h2-4,6,9H,5,7-8H2,1H3,(H,14,15). The maximum absolute atomic E-state index is 10.8. The Labute approximate surface area is 94.3 Å². The highest BCUT2D eigenvalue weighted by molar-refractivity contribution is 5.67. The van der Waals surface area contributed by atoms with Crippen molar-refractivity contribution in [2.45, 2.75) is 18.8 Å². The summed E-state index contributed by atoms with van der Waals surface area (Å²) >= 11 is 0. The highest BCUT2D eigenvalue weighted by Gasteiger charge is 2.45. The number of carbonyl (C=O) groups is 1. The summed E-state index contributed by atoms with van der Waals surface area (Å²) in [7, 11) is 0. The summed E-state index contributed by atoms with van der Waals surface area (Å²) in [4.78, 5) is 14.9. The third-order valence-electron chi connectivity index (χ3n) is 3.38. The molecule has 1 aliphatic rings. The molecule has 0 spiro atoms. The number of aromatic nitrogens is 1. The van der Waals surface area contributed by atoms with Crippen LogP contribution in [0.15, 0.2) is 24.5 Å². The second kappa shape index (κ2) is 4.22. The maximum atomic E-state index is 10.8. The molecule has 1 aromatic rings. The predicted octanol–water partition coefficient (Wildman–Crippen LogP) is 1.46. The largest absolute Gasteiger partial charge is 0.481 e. The quantitative estimate of drug-likeness (QED) is 0.836. The monoisotopic (exact) mass is 221 g/mol. The van der Waals surface area contributed by atoms with Gasteiger partial charge in [-0.25, -0.2) is 0 Å². The summed E-state index contributed by atoms with van der Waals surface area (Å²) < 4.78 is 5.27. The van der Waals surface area contributed by atoms with Crippen molar-refractivity contribution in [1.29, 1.82) is 0 Å². The summed E-state index contributed by atoms with van der Waals surface area (Å²) in [6, 6.07) is 3.87. The van der Waals surface area contributed by atoms with E-state index < -0.39 is 5.97 Å². The first-order valence-corrected chi connectivity index (χ1v) is 5.35. The van der Waals surface area contributed by atoms with Crippen LogP contribution in [0, 0.1) is 5.92 Å². The van der Waals surface area contributed by atoms with Crippen LogP contribution in [0.1, 0.15) is 18.9 Å². The number of hydrogen-bond acceptors (Lipinski definition) is 3. The van der Waals surface area contributed by atoms with Crippen molar-refractivity contribution in [2.75, 3.05) is 13.2 Å². The molecule has 0 aromatic carbocycles. The fourth-order valence-electron chi connectivity index (χ4n) is 2.17. The molecule has 0 bridgehead atoms. The highest BCUT2D eigenvalue weighted by atomic mass is 16.5. The van der Waals surface area contributed by atoms with Gasteiger partial charge in [-0.1, -0.05) is 13.0 Å². The molecule has 2 rings (SSSR count). The van der Waals surface area contributed by atoms with Crippen molar-refractivity contribution in [3.63, 3.8) is 0 Å². The van der Waals surface area contributed by atoms with Crippen molar-refractivity contribution < 1.29 is 14.6 Å². The SMILES string of the molecule is CC(CC(=O)O)C1(c2cccnc2)COC1. The Morgan fingerprint density at radius 3 is 2.88 bits per heavy atom. The molecule has 0 saturated carbocycles. The van der Waals surface area contributed by atoms with Crippen molar-refractivity contribution in [2.24, 2.45) is 5.92 Å². The molecular weight excluding hydrogens is 206 g/mol. The van der Waals surface area contributed by atoms with Crippen LogP contribution < -0.4 is 0 Å². The lowest BCUT2D eigenvalue weighted by atomic mass is 9.68. The number of pyridine rings is 1. The fourth-order valence-corrected chi connectivity index (χ4v) is 2.17. The van der Waals surface area contributed by atoms with Gasteiger partial charge in [0.05, 0.1) is 13.2 Å². The molecule has 86 valence electrons. The maximum Gasteiger partial charge on any atom is 0.303 e. The number of ether oxygens (including phenoxy) is 1. The number of carboxylic acid groups (broad SMARTS) is 1. The van der Waals surface area contributed by atoms with Gasteiger partial charge >= 0.3 is 5.97 Å². The fraction of sp³-hybridized carbons (Fsp3) is 0.500. The molecule has 4 heteroatoms. The average Bonchev–Trinajstić information content (AvgIpc) is 2.16. The minimum Gasteiger partial charge on any atom is -0.481 e. The molecule has 1 aliphatic heterocycles. The van der Waals surface area contributed by atoms with E-state index in [-0.39, 0.29) is 17.8 Å². The van der Waals surface area contributed by atoms with Gasteiger partial charge in [0.25, 0.3) is 0 Å². The van der Waals surface area contributed by atoms with Gasteiger partial charge in [-0.3, -0.25) is 9.78 Å². The topological polar surface area (TPSA) is 59.4 Å². The molecule has 1 fully saturated rings. The molecule has 0 aliphatic carbocycles. The Hall–Kier alpha value is -1.42. The third-order valence-corrected chi connectivity index (χ3v) is 3.38. The van der Waals surface area contributed by atoms with E-state index >= 15 is 0 Å². The molecule has 2 heterocycles. The van der Waals surface area contributed by atoms with E-state index in [0.29, 0.717) is 13.2 Å². The lowest BCUT2D eigenvalue weighted by Gasteiger charge is -2.45. The number of nitrogens with zero attached hydrogens (tertiary/aromatic N) is 1. The summed E-state index contributed by atoms with van der Waals surface area (Å²) in [5.41, 5.74) is 0.919. The molecule has 0 amide bonds. The summed E-state index contributed by atoms with van der Waals surface area (Å²) in [5.74, 6) is -0.703. The minimum absolute atomic E-state index is 0.0583. The third kappa shape index (κ3) is 1.80. The number of aliphatic carboxylic acids is 1. The molecule has 4 nitrogen and oxygen atoms in total. The summed E-state index contributed by atoms with van der Waals surface area (Å²) in [6.07, 6.45) is 3.69. The van der Waals surface area contributed by atoms with Crippen molar-refractivity contribution >= 4 is 5.97 Å². The molecule has 1 saturated heterocycles. The van der Waals surface area contributed by atoms with Gasteiger partial charge < -0.3 is 9.84 Å².